The lowest BCUT2D eigenvalue weighted by Gasteiger charge is -2.17. The first kappa shape index (κ1) is 7.77. The van der Waals surface area contributed by atoms with Gasteiger partial charge in [0.25, 0.3) is 0 Å². The van der Waals surface area contributed by atoms with E-state index < -0.39 is 6.10 Å². The van der Waals surface area contributed by atoms with Crippen LogP contribution >= 0.6 is 0 Å². The smallest absolute Gasteiger partial charge is 0.0157 e. The van der Waals surface area contributed by atoms with Crippen molar-refractivity contribution < 1.29 is 5.11 Å². The van der Waals surface area contributed by atoms with Crippen molar-refractivity contribution in [3.05, 3.63) is 59.7 Å². The fourth-order valence-electron chi connectivity index (χ4n) is 2.11. The Labute approximate surface area is 82.6 Å². The number of rotatable bonds is 0. The Morgan fingerprint density at radius 3 is 1.64 bits per heavy atom. The lowest BCUT2D eigenvalue weighted by molar-refractivity contribution is -0.410. The number of hydrogen-bond acceptors (Lipinski definition) is 1. The zero-order chi connectivity index (χ0) is 9.54. The molecule has 1 aliphatic carbocycles. The molecule has 0 aromatic heterocycles. The quantitative estimate of drug-likeness (QED) is 0.610. The van der Waals surface area contributed by atoms with Crippen molar-refractivity contribution >= 4 is 0 Å². The van der Waals surface area contributed by atoms with Gasteiger partial charge in [0.2, 0.25) is 0 Å². The third-order valence-corrected chi connectivity index (χ3v) is 2.78. The SMILES string of the molecule is [O-]C1c2ccccc2-c2ccccc21. The van der Waals surface area contributed by atoms with Gasteiger partial charge in [-0.3, -0.25) is 0 Å². The molecule has 0 radical (unpaired) electrons. The van der Waals surface area contributed by atoms with E-state index in [1.165, 1.54) is 0 Å². The van der Waals surface area contributed by atoms with Gasteiger partial charge in [0, 0.05) is 0 Å². The van der Waals surface area contributed by atoms with Crippen LogP contribution in [0.3, 0.4) is 0 Å². The lowest BCUT2D eigenvalue weighted by atomic mass is 10.1. The van der Waals surface area contributed by atoms with Crippen LogP contribution in [0.4, 0.5) is 0 Å². The summed E-state index contributed by atoms with van der Waals surface area (Å²) in [7, 11) is 0. The summed E-state index contributed by atoms with van der Waals surface area (Å²) in [5, 5.41) is 12.0. The van der Waals surface area contributed by atoms with Crippen LogP contribution in [0.25, 0.3) is 11.1 Å². The molecule has 0 aliphatic heterocycles. The van der Waals surface area contributed by atoms with Crippen molar-refractivity contribution in [3.8, 4) is 11.1 Å². The molecule has 0 bridgehead atoms. The normalized spacial score (nSPS) is 13.8. The first-order valence-corrected chi connectivity index (χ1v) is 4.72. The molecule has 2 aromatic carbocycles. The average molecular weight is 181 g/mol. The number of hydrogen-bond donors (Lipinski definition) is 0. The van der Waals surface area contributed by atoms with Crippen LogP contribution in [-0.4, -0.2) is 0 Å². The van der Waals surface area contributed by atoms with E-state index in [9.17, 15) is 5.11 Å². The highest BCUT2D eigenvalue weighted by atomic mass is 16.3. The van der Waals surface area contributed by atoms with Gasteiger partial charge in [-0.05, 0) is 22.3 Å². The average Bonchev–Trinajstić information content (AvgIpc) is 2.55. The highest BCUT2D eigenvalue weighted by Crippen LogP contribution is 2.41. The Bertz CT molecular complexity index is 443. The van der Waals surface area contributed by atoms with Crippen molar-refractivity contribution in [1.82, 2.24) is 0 Å². The van der Waals surface area contributed by atoms with Gasteiger partial charge in [0.1, 0.15) is 0 Å². The first-order valence-electron chi connectivity index (χ1n) is 4.72. The molecule has 0 heterocycles. The van der Waals surface area contributed by atoms with Crippen molar-refractivity contribution in [2.24, 2.45) is 0 Å². The molecule has 68 valence electrons. The van der Waals surface area contributed by atoms with Gasteiger partial charge in [-0.15, -0.1) is 0 Å². The Kier molecular flexibility index (Phi) is 1.49. The number of benzene rings is 2. The monoisotopic (exact) mass is 181 g/mol. The maximum Gasteiger partial charge on any atom is -0.0157 e. The van der Waals surface area contributed by atoms with E-state index in [0.717, 1.165) is 22.3 Å². The molecule has 0 unspecified atom stereocenters. The maximum atomic E-state index is 12.0. The Morgan fingerprint density at radius 1 is 0.714 bits per heavy atom. The second kappa shape index (κ2) is 2.69. The molecule has 1 aliphatic rings. The fraction of sp³-hybridized carbons (Fsp3) is 0.0769. The minimum Gasteiger partial charge on any atom is -0.845 e. The molecule has 0 spiro atoms. The van der Waals surface area contributed by atoms with E-state index >= 15 is 0 Å². The molecule has 0 saturated heterocycles. The largest absolute Gasteiger partial charge is 0.845 e. The van der Waals surface area contributed by atoms with E-state index in [2.05, 4.69) is 0 Å². The summed E-state index contributed by atoms with van der Waals surface area (Å²) in [5.74, 6) is 0. The van der Waals surface area contributed by atoms with Crippen LogP contribution < -0.4 is 5.11 Å². The van der Waals surface area contributed by atoms with E-state index in [4.69, 9.17) is 0 Å². The van der Waals surface area contributed by atoms with Crippen LogP contribution in [0.15, 0.2) is 48.5 Å². The molecule has 3 rings (SSSR count). The van der Waals surface area contributed by atoms with Gasteiger partial charge in [-0.25, -0.2) is 0 Å². The molecular weight excluding hydrogens is 172 g/mol. The molecule has 2 aromatic rings. The Hall–Kier alpha value is -1.60. The molecule has 1 nitrogen and oxygen atoms in total. The fourth-order valence-corrected chi connectivity index (χ4v) is 2.11. The third kappa shape index (κ3) is 0.875. The van der Waals surface area contributed by atoms with E-state index in [1.807, 2.05) is 48.5 Å². The summed E-state index contributed by atoms with van der Waals surface area (Å²) in [6.07, 6.45) is -0.692. The van der Waals surface area contributed by atoms with Gasteiger partial charge in [-0.1, -0.05) is 54.6 Å². The Morgan fingerprint density at radius 2 is 1.14 bits per heavy atom. The molecule has 0 atom stereocenters. The molecular formula is C13H9O-. The zero-order valence-electron chi connectivity index (χ0n) is 7.60. The van der Waals surface area contributed by atoms with Crippen molar-refractivity contribution in [2.75, 3.05) is 0 Å². The molecule has 0 saturated carbocycles. The van der Waals surface area contributed by atoms with Crippen LogP contribution in [0.5, 0.6) is 0 Å². The Balaban J connectivity index is 2.36. The van der Waals surface area contributed by atoms with Gasteiger partial charge in [-0.2, -0.15) is 0 Å². The van der Waals surface area contributed by atoms with Gasteiger partial charge < -0.3 is 5.11 Å². The topological polar surface area (TPSA) is 23.1 Å². The second-order valence-corrected chi connectivity index (χ2v) is 3.55. The molecule has 0 amide bonds. The van der Waals surface area contributed by atoms with E-state index in [1.54, 1.807) is 0 Å². The van der Waals surface area contributed by atoms with Crippen LogP contribution in [0, 0.1) is 0 Å². The first-order chi connectivity index (χ1) is 6.88. The summed E-state index contributed by atoms with van der Waals surface area (Å²) < 4.78 is 0. The highest BCUT2D eigenvalue weighted by molar-refractivity contribution is 5.77. The van der Waals surface area contributed by atoms with Crippen LogP contribution in [-0.2, 0) is 0 Å². The lowest BCUT2D eigenvalue weighted by Crippen LogP contribution is -2.13. The van der Waals surface area contributed by atoms with Crippen LogP contribution in [0.1, 0.15) is 17.2 Å². The second-order valence-electron chi connectivity index (χ2n) is 3.55. The molecule has 14 heavy (non-hydrogen) atoms. The van der Waals surface area contributed by atoms with Crippen LogP contribution in [0.2, 0.25) is 0 Å². The number of fused-ring (bicyclic) bond motifs is 3. The summed E-state index contributed by atoms with van der Waals surface area (Å²) in [6, 6.07) is 15.7. The summed E-state index contributed by atoms with van der Waals surface area (Å²) in [5.41, 5.74) is 4.02. The van der Waals surface area contributed by atoms with Crippen molar-refractivity contribution in [2.45, 2.75) is 6.10 Å². The van der Waals surface area contributed by atoms with Gasteiger partial charge in [0.15, 0.2) is 0 Å². The molecule has 1 heteroatoms. The predicted octanol–water partition coefficient (Wildman–Crippen LogP) is 2.12. The van der Waals surface area contributed by atoms with E-state index in [0.29, 0.717) is 0 Å². The zero-order valence-corrected chi connectivity index (χ0v) is 7.60. The predicted molar refractivity (Wildman–Crippen MR) is 53.7 cm³/mol. The standard InChI is InChI=1S/C13H9O/c14-13-11-7-3-1-5-9(11)10-6-2-4-8-12(10)13/h1-8,13H/q-1. The highest BCUT2D eigenvalue weighted by Gasteiger charge is 2.19. The van der Waals surface area contributed by atoms with E-state index in [-0.39, 0.29) is 0 Å². The van der Waals surface area contributed by atoms with Crippen molar-refractivity contribution in [1.29, 1.82) is 0 Å². The summed E-state index contributed by atoms with van der Waals surface area (Å²) >= 11 is 0. The minimum atomic E-state index is -0.692. The minimum absolute atomic E-state index is 0.692. The molecule has 0 fully saturated rings. The van der Waals surface area contributed by atoms with Crippen molar-refractivity contribution in [3.63, 3.8) is 0 Å². The third-order valence-electron chi connectivity index (χ3n) is 2.78. The van der Waals surface area contributed by atoms with Gasteiger partial charge in [0.05, 0.1) is 0 Å². The maximum absolute atomic E-state index is 12.0. The summed E-state index contributed by atoms with van der Waals surface area (Å²) in [4.78, 5) is 0. The summed E-state index contributed by atoms with van der Waals surface area (Å²) in [6.45, 7) is 0. The molecule has 0 N–H and O–H groups in total. The van der Waals surface area contributed by atoms with Gasteiger partial charge >= 0.3 is 0 Å².